The van der Waals surface area contributed by atoms with Crippen molar-refractivity contribution >= 4 is 31.9 Å². The molecule has 2 rings (SSSR count). The van der Waals surface area contributed by atoms with Gasteiger partial charge in [-0.25, -0.2) is 0 Å². The molecule has 4 heteroatoms. The van der Waals surface area contributed by atoms with Crippen LogP contribution in [0.25, 0.3) is 0 Å². The van der Waals surface area contributed by atoms with Gasteiger partial charge in [0, 0.05) is 33.9 Å². The Morgan fingerprint density at radius 3 is 2.74 bits per heavy atom. The molecule has 2 aromatic rings. The van der Waals surface area contributed by atoms with Crippen molar-refractivity contribution in [1.29, 1.82) is 0 Å². The molecule has 1 aromatic carbocycles. The van der Waals surface area contributed by atoms with Crippen LogP contribution >= 0.6 is 31.9 Å². The van der Waals surface area contributed by atoms with Crippen LogP contribution in [-0.2, 0) is 6.54 Å². The zero-order valence-corrected chi connectivity index (χ0v) is 14.1. The highest BCUT2D eigenvalue weighted by molar-refractivity contribution is 9.11. The fourth-order valence-electron chi connectivity index (χ4n) is 1.91. The lowest BCUT2D eigenvalue weighted by Gasteiger charge is -2.17. The van der Waals surface area contributed by atoms with Gasteiger partial charge in [-0.05, 0) is 48.7 Å². The Morgan fingerprint density at radius 1 is 1.26 bits per heavy atom. The molecule has 0 amide bonds. The van der Waals surface area contributed by atoms with Crippen molar-refractivity contribution in [3.05, 3.63) is 62.3 Å². The Hall–Kier alpha value is -0.710. The van der Waals surface area contributed by atoms with Crippen LogP contribution in [0.3, 0.4) is 0 Å². The summed E-state index contributed by atoms with van der Waals surface area (Å²) in [6.45, 7) is 5.10. The second kappa shape index (κ2) is 6.64. The Bertz CT molecular complexity index is 570. The molecule has 0 aliphatic carbocycles. The van der Waals surface area contributed by atoms with Crippen molar-refractivity contribution in [2.45, 2.75) is 26.4 Å². The van der Waals surface area contributed by atoms with Gasteiger partial charge in [-0.15, -0.1) is 0 Å². The molecule has 100 valence electrons. The van der Waals surface area contributed by atoms with Gasteiger partial charge in [0.05, 0.1) is 0 Å². The summed E-state index contributed by atoms with van der Waals surface area (Å²) in [4.78, 5) is 4.17. The summed E-state index contributed by atoms with van der Waals surface area (Å²) in [5.74, 6) is 0. The quantitative estimate of drug-likeness (QED) is 0.822. The Balaban J connectivity index is 2.05. The Kier molecular flexibility index (Phi) is 5.13. The number of nitrogens with zero attached hydrogens (tertiary/aromatic N) is 1. The van der Waals surface area contributed by atoms with Crippen LogP contribution in [0.2, 0.25) is 0 Å². The van der Waals surface area contributed by atoms with Gasteiger partial charge < -0.3 is 5.32 Å². The molecular formula is C15H16Br2N2. The normalized spacial score (nSPS) is 12.4. The number of benzene rings is 1. The number of aromatic nitrogens is 1. The fourth-order valence-corrected chi connectivity index (χ4v) is 3.30. The summed E-state index contributed by atoms with van der Waals surface area (Å²) in [6.07, 6.45) is 3.75. The van der Waals surface area contributed by atoms with E-state index < -0.39 is 0 Å². The molecule has 1 N–H and O–H groups in total. The van der Waals surface area contributed by atoms with E-state index in [1.54, 1.807) is 0 Å². The maximum atomic E-state index is 4.17. The average molecular weight is 384 g/mol. The molecule has 1 atom stereocenters. The van der Waals surface area contributed by atoms with Crippen LogP contribution in [0.5, 0.6) is 0 Å². The minimum absolute atomic E-state index is 0.280. The molecule has 0 fully saturated rings. The number of pyridine rings is 1. The van der Waals surface area contributed by atoms with Crippen molar-refractivity contribution in [2.24, 2.45) is 0 Å². The third-order valence-electron chi connectivity index (χ3n) is 3.18. The van der Waals surface area contributed by atoms with E-state index in [0.717, 1.165) is 15.5 Å². The number of nitrogens with one attached hydrogen (secondary N) is 1. The molecule has 1 aromatic heterocycles. The van der Waals surface area contributed by atoms with Crippen molar-refractivity contribution < 1.29 is 0 Å². The number of rotatable bonds is 4. The Labute approximate surface area is 130 Å². The number of hydrogen-bond donors (Lipinski definition) is 1. The number of halogens is 2. The summed E-state index contributed by atoms with van der Waals surface area (Å²) in [5, 5.41) is 3.53. The van der Waals surface area contributed by atoms with E-state index in [0.29, 0.717) is 0 Å². The third kappa shape index (κ3) is 3.88. The van der Waals surface area contributed by atoms with E-state index in [1.807, 2.05) is 18.5 Å². The van der Waals surface area contributed by atoms with Crippen molar-refractivity contribution in [3.63, 3.8) is 0 Å². The predicted octanol–water partition coefficient (Wildman–Crippen LogP) is 4.77. The summed E-state index contributed by atoms with van der Waals surface area (Å²) in [6, 6.07) is 8.58. The maximum absolute atomic E-state index is 4.17. The van der Waals surface area contributed by atoms with Crippen LogP contribution in [0.15, 0.2) is 45.6 Å². The first-order valence-electron chi connectivity index (χ1n) is 6.15. The summed E-state index contributed by atoms with van der Waals surface area (Å²) in [5.41, 5.74) is 3.76. The predicted molar refractivity (Wildman–Crippen MR) is 86.1 cm³/mol. The van der Waals surface area contributed by atoms with Crippen molar-refractivity contribution in [2.75, 3.05) is 0 Å². The van der Waals surface area contributed by atoms with Crippen LogP contribution in [0, 0.1) is 6.92 Å². The fraction of sp³-hybridized carbons (Fsp3) is 0.267. The van der Waals surface area contributed by atoms with Crippen molar-refractivity contribution in [1.82, 2.24) is 10.3 Å². The van der Waals surface area contributed by atoms with Gasteiger partial charge in [-0.3, -0.25) is 4.98 Å². The molecule has 1 unspecified atom stereocenters. The van der Waals surface area contributed by atoms with Crippen LogP contribution < -0.4 is 5.32 Å². The number of hydrogen-bond acceptors (Lipinski definition) is 2. The van der Waals surface area contributed by atoms with Gasteiger partial charge >= 0.3 is 0 Å². The molecule has 0 aliphatic rings. The van der Waals surface area contributed by atoms with E-state index in [-0.39, 0.29) is 6.04 Å². The molecule has 1 heterocycles. The van der Waals surface area contributed by atoms with Gasteiger partial charge in [0.1, 0.15) is 0 Å². The van der Waals surface area contributed by atoms with Gasteiger partial charge in [0.2, 0.25) is 0 Å². The zero-order chi connectivity index (χ0) is 13.8. The largest absolute Gasteiger partial charge is 0.306 e. The first-order valence-corrected chi connectivity index (χ1v) is 7.74. The van der Waals surface area contributed by atoms with Crippen LogP contribution in [0.1, 0.15) is 29.7 Å². The average Bonchev–Trinajstić information content (AvgIpc) is 2.37. The van der Waals surface area contributed by atoms with Gasteiger partial charge in [0.25, 0.3) is 0 Å². The molecule has 0 bridgehead atoms. The van der Waals surface area contributed by atoms with Gasteiger partial charge in [-0.2, -0.15) is 0 Å². The lowest BCUT2D eigenvalue weighted by Crippen LogP contribution is -2.19. The lowest BCUT2D eigenvalue weighted by atomic mass is 10.1. The first kappa shape index (κ1) is 14.7. The SMILES string of the molecule is Cc1ccncc1CNC(C)c1ccc(Br)cc1Br. The van der Waals surface area contributed by atoms with E-state index in [1.165, 1.54) is 16.7 Å². The molecule has 0 radical (unpaired) electrons. The molecule has 0 saturated carbocycles. The third-order valence-corrected chi connectivity index (χ3v) is 4.36. The van der Waals surface area contributed by atoms with Gasteiger partial charge in [0.15, 0.2) is 0 Å². The monoisotopic (exact) mass is 382 g/mol. The Morgan fingerprint density at radius 2 is 2.05 bits per heavy atom. The molecule has 0 saturated heterocycles. The second-order valence-corrected chi connectivity index (χ2v) is 6.34. The highest BCUT2D eigenvalue weighted by Crippen LogP contribution is 2.27. The summed E-state index contributed by atoms with van der Waals surface area (Å²) < 4.78 is 2.20. The van der Waals surface area contributed by atoms with Crippen LogP contribution in [0.4, 0.5) is 0 Å². The van der Waals surface area contributed by atoms with Crippen LogP contribution in [-0.4, -0.2) is 4.98 Å². The lowest BCUT2D eigenvalue weighted by molar-refractivity contribution is 0.570. The van der Waals surface area contributed by atoms with E-state index in [9.17, 15) is 0 Å². The van der Waals surface area contributed by atoms with E-state index in [4.69, 9.17) is 0 Å². The van der Waals surface area contributed by atoms with Gasteiger partial charge in [-0.1, -0.05) is 37.9 Å². The zero-order valence-electron chi connectivity index (χ0n) is 11.0. The van der Waals surface area contributed by atoms with E-state index in [2.05, 4.69) is 74.2 Å². The molecule has 2 nitrogen and oxygen atoms in total. The molecule has 0 aliphatic heterocycles. The second-order valence-electron chi connectivity index (χ2n) is 4.57. The van der Waals surface area contributed by atoms with Crippen molar-refractivity contribution in [3.8, 4) is 0 Å². The minimum Gasteiger partial charge on any atom is -0.306 e. The topological polar surface area (TPSA) is 24.9 Å². The first-order chi connectivity index (χ1) is 9.08. The standard InChI is InChI=1S/C15H16Br2N2/c1-10-5-6-18-8-12(10)9-19-11(2)14-4-3-13(16)7-15(14)17/h3-8,11,19H,9H2,1-2H3. The molecule has 0 spiro atoms. The van der Waals surface area contributed by atoms with E-state index >= 15 is 0 Å². The molecular weight excluding hydrogens is 368 g/mol. The summed E-state index contributed by atoms with van der Waals surface area (Å²) in [7, 11) is 0. The number of aryl methyl sites for hydroxylation is 1. The maximum Gasteiger partial charge on any atom is 0.0315 e. The minimum atomic E-state index is 0.280. The highest BCUT2D eigenvalue weighted by Gasteiger charge is 2.09. The highest BCUT2D eigenvalue weighted by atomic mass is 79.9. The smallest absolute Gasteiger partial charge is 0.0315 e. The molecule has 19 heavy (non-hydrogen) atoms. The summed E-state index contributed by atoms with van der Waals surface area (Å²) >= 11 is 7.08.